The number of nitrogens with one attached hydrogen (secondary N) is 2. The third kappa shape index (κ3) is 7.96. The van der Waals surface area contributed by atoms with Gasteiger partial charge in [-0.05, 0) is 23.6 Å². The summed E-state index contributed by atoms with van der Waals surface area (Å²) in [5.74, 6) is 0. The van der Waals surface area contributed by atoms with E-state index in [-0.39, 0.29) is 44.8 Å². The van der Waals surface area contributed by atoms with Gasteiger partial charge >= 0.3 is 11.4 Å². The number of aliphatic hydroxyl groups excluding tert-OH is 4. The number of nitrogens with zero attached hydrogens (tertiary/aromatic N) is 2. The largest absolute Gasteiger partial charge is 0.394 e. The molecule has 2 fully saturated rings. The van der Waals surface area contributed by atoms with Gasteiger partial charge in [0, 0.05) is 30.8 Å². The van der Waals surface area contributed by atoms with Crippen molar-refractivity contribution in [3.05, 3.63) is 125 Å². The summed E-state index contributed by atoms with van der Waals surface area (Å²) in [7, 11) is 0. The number of H-pyrrole nitrogens is 2. The Morgan fingerprint density at radius 1 is 0.729 bits per heavy atom. The number of ether oxygens (including phenoxy) is 3. The van der Waals surface area contributed by atoms with Gasteiger partial charge in [0.1, 0.15) is 24.7 Å². The lowest BCUT2D eigenvalue weighted by atomic mass is 10.0. The summed E-state index contributed by atoms with van der Waals surface area (Å²) in [5.41, 5.74) is 1.55. The molecule has 2 aliphatic rings. The fraction of sp³-hybridized carbons (Fsp3) is 0.394. The van der Waals surface area contributed by atoms with Crippen LogP contribution in [0.1, 0.15) is 42.0 Å². The first-order valence-corrected chi connectivity index (χ1v) is 15.4. The lowest BCUT2D eigenvalue weighted by Gasteiger charge is -2.15. The maximum atomic E-state index is 12.2. The van der Waals surface area contributed by atoms with Crippen molar-refractivity contribution in [3.8, 4) is 11.1 Å². The van der Waals surface area contributed by atoms with Crippen LogP contribution in [0.15, 0.2) is 86.2 Å². The summed E-state index contributed by atoms with van der Waals surface area (Å²) in [6.45, 7) is 1.19. The number of hydrogen-bond acceptors (Lipinski definition) is 11. The molecule has 256 valence electrons. The Kier molecular flexibility index (Phi) is 11.3. The van der Waals surface area contributed by atoms with E-state index in [0.717, 1.165) is 16.7 Å². The lowest BCUT2D eigenvalue weighted by molar-refractivity contribution is -0.0461. The quantitative estimate of drug-likeness (QED) is 0.140. The van der Waals surface area contributed by atoms with Crippen LogP contribution >= 0.6 is 0 Å². The molecule has 2 aromatic heterocycles. The topological polar surface area (TPSA) is 218 Å². The molecule has 0 spiro atoms. The third-order valence-corrected chi connectivity index (χ3v) is 8.19. The molecule has 2 aromatic carbocycles. The molecule has 4 aromatic rings. The van der Waals surface area contributed by atoms with E-state index in [2.05, 4.69) is 9.97 Å². The minimum atomic E-state index is -0.886. The van der Waals surface area contributed by atoms with Gasteiger partial charge in [0.15, 0.2) is 0 Å². The highest BCUT2D eigenvalue weighted by Gasteiger charge is 2.36. The highest BCUT2D eigenvalue weighted by atomic mass is 16.5. The van der Waals surface area contributed by atoms with Crippen LogP contribution in [0.2, 0.25) is 0 Å². The average Bonchev–Trinajstić information content (AvgIpc) is 3.65. The second-order valence-corrected chi connectivity index (χ2v) is 11.5. The number of rotatable bonds is 9. The highest BCUT2D eigenvalue weighted by Crippen LogP contribution is 2.28. The van der Waals surface area contributed by atoms with Crippen molar-refractivity contribution in [2.24, 2.45) is 0 Å². The molecule has 0 radical (unpaired) electrons. The summed E-state index contributed by atoms with van der Waals surface area (Å²) in [6, 6.07) is 17.8. The number of aromatic amines is 2. The van der Waals surface area contributed by atoms with E-state index in [9.17, 15) is 34.5 Å². The van der Waals surface area contributed by atoms with E-state index in [0.29, 0.717) is 5.56 Å². The maximum Gasteiger partial charge on any atom is 0.330 e. The third-order valence-electron chi connectivity index (χ3n) is 8.19. The van der Waals surface area contributed by atoms with Crippen molar-refractivity contribution in [1.82, 2.24) is 19.1 Å². The average molecular weight is 667 g/mol. The van der Waals surface area contributed by atoms with E-state index in [1.165, 1.54) is 21.5 Å². The minimum absolute atomic E-state index is 0.00254. The normalized spacial score (nSPS) is 23.5. The van der Waals surface area contributed by atoms with Gasteiger partial charge in [-0.2, -0.15) is 0 Å². The Morgan fingerprint density at radius 2 is 1.25 bits per heavy atom. The van der Waals surface area contributed by atoms with Crippen LogP contribution in [0.5, 0.6) is 0 Å². The molecule has 0 amide bonds. The molecule has 2 saturated heterocycles. The molecule has 15 heteroatoms. The predicted octanol–water partition coefficient (Wildman–Crippen LogP) is 0.0468. The standard InChI is InChI=1S/C23H24N2O6.C10H14N2O5/c26-12-20-19(27)10-21(31-20)25-11-17(22(28)24-23(25)29)14-30-13-16-8-4-5-9-18(16)15-6-2-1-3-7-15;1-5-3-12(10(16)11-9(5)15)8-2-6(14)7(4-13)17-8/h1-9,11,19-21,26-27H,10,12-14H2,(H,24,28,29);3,6-8,13-14H,2,4H2,1H3,(H,11,15,16)/t19?,20-,21-;6?,7-,8-/m11/s1. The molecule has 4 heterocycles. The number of aromatic nitrogens is 4. The van der Waals surface area contributed by atoms with Crippen molar-refractivity contribution in [2.75, 3.05) is 13.2 Å². The molecule has 0 saturated carbocycles. The van der Waals surface area contributed by atoms with Gasteiger partial charge < -0.3 is 34.6 Å². The van der Waals surface area contributed by atoms with Crippen molar-refractivity contribution in [2.45, 2.75) is 69.9 Å². The molecule has 15 nitrogen and oxygen atoms in total. The van der Waals surface area contributed by atoms with E-state index in [1.54, 1.807) is 6.92 Å². The lowest BCUT2D eigenvalue weighted by Crippen LogP contribution is -2.34. The second kappa shape index (κ2) is 15.6. The van der Waals surface area contributed by atoms with Crippen molar-refractivity contribution < 1.29 is 34.6 Å². The molecule has 6 atom stereocenters. The van der Waals surface area contributed by atoms with Gasteiger partial charge in [-0.25, -0.2) is 9.59 Å². The molecule has 48 heavy (non-hydrogen) atoms. The Bertz CT molecular complexity index is 1920. The molecule has 2 aliphatic heterocycles. The van der Waals surface area contributed by atoms with Crippen LogP contribution in [0, 0.1) is 6.92 Å². The summed E-state index contributed by atoms with van der Waals surface area (Å²) in [6.07, 6.45) is -1.47. The monoisotopic (exact) mass is 666 g/mol. The number of benzene rings is 2. The van der Waals surface area contributed by atoms with Gasteiger partial charge in [-0.3, -0.25) is 28.7 Å². The maximum absolute atomic E-state index is 12.2. The van der Waals surface area contributed by atoms with E-state index < -0.39 is 59.4 Å². The van der Waals surface area contributed by atoms with Crippen LogP contribution in [0.3, 0.4) is 0 Å². The van der Waals surface area contributed by atoms with E-state index in [4.69, 9.17) is 19.3 Å². The smallest absolute Gasteiger partial charge is 0.330 e. The first-order valence-electron chi connectivity index (χ1n) is 15.4. The SMILES string of the molecule is Cc1cn([C@H]2CC(O)[C@@H](CO)O2)c(=O)[nH]c1=O.O=c1[nH]c(=O)n([C@H]2CC(O)[C@@H](CO)O2)cc1COCc1ccccc1-c1ccccc1. The predicted molar refractivity (Wildman–Crippen MR) is 171 cm³/mol. The second-order valence-electron chi connectivity index (χ2n) is 11.5. The molecule has 0 aliphatic carbocycles. The Labute approximate surface area is 273 Å². The number of hydrogen-bond donors (Lipinski definition) is 6. The van der Waals surface area contributed by atoms with Crippen LogP contribution in [-0.2, 0) is 27.4 Å². The molecular formula is C33H38N4O11. The number of aliphatic hydroxyl groups is 4. The Hall–Kier alpha value is -4.48. The zero-order valence-corrected chi connectivity index (χ0v) is 26.1. The summed E-state index contributed by atoms with van der Waals surface area (Å²) < 4.78 is 19.1. The van der Waals surface area contributed by atoms with Crippen molar-refractivity contribution in [1.29, 1.82) is 0 Å². The fourth-order valence-corrected chi connectivity index (χ4v) is 5.56. The fourth-order valence-electron chi connectivity index (χ4n) is 5.56. The summed E-state index contributed by atoms with van der Waals surface area (Å²) in [5, 5.41) is 37.7. The van der Waals surface area contributed by atoms with Gasteiger partial charge in [0.05, 0.1) is 44.2 Å². The van der Waals surface area contributed by atoms with Gasteiger partial charge in [0.2, 0.25) is 0 Å². The molecule has 0 bridgehead atoms. The van der Waals surface area contributed by atoms with Crippen LogP contribution < -0.4 is 22.5 Å². The first-order chi connectivity index (χ1) is 23.1. The van der Waals surface area contributed by atoms with E-state index in [1.807, 2.05) is 54.6 Å². The van der Waals surface area contributed by atoms with Crippen molar-refractivity contribution in [3.63, 3.8) is 0 Å². The minimum Gasteiger partial charge on any atom is -0.394 e. The van der Waals surface area contributed by atoms with Crippen LogP contribution in [0.4, 0.5) is 0 Å². The highest BCUT2D eigenvalue weighted by molar-refractivity contribution is 5.67. The van der Waals surface area contributed by atoms with Gasteiger partial charge in [-0.15, -0.1) is 0 Å². The van der Waals surface area contributed by atoms with E-state index >= 15 is 0 Å². The number of aryl methyl sites for hydroxylation is 1. The summed E-state index contributed by atoms with van der Waals surface area (Å²) in [4.78, 5) is 51.6. The van der Waals surface area contributed by atoms with Crippen LogP contribution in [0.25, 0.3) is 11.1 Å². The Balaban J connectivity index is 0.000000224. The van der Waals surface area contributed by atoms with Crippen LogP contribution in [-0.4, -0.2) is 77.2 Å². The first kappa shape index (κ1) is 34.8. The zero-order valence-electron chi connectivity index (χ0n) is 26.1. The Morgan fingerprint density at radius 3 is 1.83 bits per heavy atom. The molecule has 6 N–H and O–H groups in total. The van der Waals surface area contributed by atoms with Gasteiger partial charge in [0.25, 0.3) is 11.1 Å². The van der Waals surface area contributed by atoms with Crippen molar-refractivity contribution >= 4 is 0 Å². The zero-order chi connectivity index (χ0) is 34.4. The summed E-state index contributed by atoms with van der Waals surface area (Å²) >= 11 is 0. The van der Waals surface area contributed by atoms with Gasteiger partial charge in [-0.1, -0.05) is 54.6 Å². The molecular weight excluding hydrogens is 628 g/mol. The molecule has 6 rings (SSSR count). The molecule has 2 unspecified atom stereocenters.